The second kappa shape index (κ2) is 21.1. The van der Waals surface area contributed by atoms with Gasteiger partial charge in [-0.3, -0.25) is 0 Å². The molecule has 6 aliphatic carbocycles. The molecule has 0 aromatic heterocycles. The van der Waals surface area contributed by atoms with Gasteiger partial charge in [0, 0.05) is 19.8 Å². The molecule has 51 heavy (non-hydrogen) atoms. The van der Waals surface area contributed by atoms with Gasteiger partial charge in [-0.25, -0.2) is 0 Å². The maximum atomic E-state index is 6.30. The number of unbranched alkanes of at least 4 members (excludes halogenated alkanes) is 10. The summed E-state index contributed by atoms with van der Waals surface area (Å²) in [5.41, 5.74) is 1.83. The average molecular weight is 708 g/mol. The Kier molecular flexibility index (Phi) is 16.6. The molecular formula is C48H85NO2. The Bertz CT molecular complexity index is 1000. The molecule has 0 radical (unpaired) electrons. The lowest BCUT2D eigenvalue weighted by atomic mass is 9.70. The van der Waals surface area contributed by atoms with Crippen molar-refractivity contribution in [3.63, 3.8) is 0 Å². The SMILES string of the molecule is CCC1CC1CC1CC1CC1=CC1CCCCCCCCOC(COCCCCCCCCC1CC(CC2CC2CC2CC2CC)C1)CN(C)C. The predicted octanol–water partition coefficient (Wildman–Crippen LogP) is 12.9. The first-order chi connectivity index (χ1) is 25.0. The van der Waals surface area contributed by atoms with E-state index in [1.54, 1.807) is 57.8 Å². The molecule has 5 fully saturated rings. The topological polar surface area (TPSA) is 21.7 Å². The minimum Gasteiger partial charge on any atom is -0.379 e. The van der Waals surface area contributed by atoms with E-state index in [0.717, 1.165) is 91.5 Å². The van der Waals surface area contributed by atoms with Crippen molar-refractivity contribution in [3.05, 3.63) is 11.6 Å². The first kappa shape index (κ1) is 40.3. The van der Waals surface area contributed by atoms with Gasteiger partial charge in [0.1, 0.15) is 0 Å². The third-order valence-electron chi connectivity index (χ3n) is 15.1. The molecule has 0 N–H and O–H groups in total. The van der Waals surface area contributed by atoms with Crippen molar-refractivity contribution in [2.45, 2.75) is 187 Å². The third-order valence-corrected chi connectivity index (χ3v) is 15.1. The molecule has 5 saturated carbocycles. The van der Waals surface area contributed by atoms with Crippen molar-refractivity contribution in [1.29, 1.82) is 0 Å². The summed E-state index contributed by atoms with van der Waals surface area (Å²) in [5, 5.41) is 0. The van der Waals surface area contributed by atoms with Crippen LogP contribution in [0, 0.1) is 65.1 Å². The molecule has 3 nitrogen and oxygen atoms in total. The summed E-state index contributed by atoms with van der Waals surface area (Å²) in [7, 11) is 4.30. The van der Waals surface area contributed by atoms with Crippen molar-refractivity contribution in [2.24, 2.45) is 65.1 Å². The molecule has 6 rings (SSSR count). The fourth-order valence-electron chi connectivity index (χ4n) is 11.0. The van der Waals surface area contributed by atoms with Gasteiger partial charge in [-0.2, -0.15) is 0 Å². The Hall–Kier alpha value is -0.380. The van der Waals surface area contributed by atoms with Crippen LogP contribution in [-0.4, -0.2) is 51.5 Å². The van der Waals surface area contributed by atoms with E-state index < -0.39 is 0 Å². The molecule has 10 unspecified atom stereocenters. The van der Waals surface area contributed by atoms with Gasteiger partial charge in [0.25, 0.3) is 0 Å². The van der Waals surface area contributed by atoms with E-state index in [2.05, 4.69) is 38.9 Å². The summed E-state index contributed by atoms with van der Waals surface area (Å²) in [5.74, 6) is 12.0. The fraction of sp³-hybridized carbons (Fsp3) is 0.958. The second-order valence-electron chi connectivity index (χ2n) is 20.0. The standard InChI is InChI=1S/C48H85NO2/c1-5-38-26-42(38)30-45-29-41(45)25-37-23-36(24-37)19-15-11-7-9-13-17-21-50-35-48(34-49(3)4)51-22-18-14-10-8-12-16-20-40-28-44(40)32-47-33-46(47)31-43-27-39(43)6-2/h28,36-43,45-48H,5-27,29-35H2,1-4H3. The number of allylic oxidation sites excluding steroid dienone is 2. The number of likely N-dealkylation sites (N-methyl/N-ethyl adjacent to an activating group) is 1. The van der Waals surface area contributed by atoms with Gasteiger partial charge in [0.2, 0.25) is 0 Å². The van der Waals surface area contributed by atoms with E-state index in [9.17, 15) is 0 Å². The number of nitrogens with zero attached hydrogens (tertiary/aromatic N) is 1. The zero-order chi connectivity index (χ0) is 35.4. The first-order valence-corrected chi connectivity index (χ1v) is 23.5. The van der Waals surface area contributed by atoms with Crippen molar-refractivity contribution >= 4 is 0 Å². The molecule has 0 spiro atoms. The van der Waals surface area contributed by atoms with Crippen LogP contribution in [0.4, 0.5) is 0 Å². The predicted molar refractivity (Wildman–Crippen MR) is 217 cm³/mol. The van der Waals surface area contributed by atoms with Gasteiger partial charge < -0.3 is 14.4 Å². The highest BCUT2D eigenvalue weighted by atomic mass is 16.5. The largest absolute Gasteiger partial charge is 0.379 e. The minimum absolute atomic E-state index is 0.209. The van der Waals surface area contributed by atoms with Crippen molar-refractivity contribution in [2.75, 3.05) is 40.5 Å². The van der Waals surface area contributed by atoms with Crippen molar-refractivity contribution in [3.8, 4) is 0 Å². The molecule has 3 heteroatoms. The van der Waals surface area contributed by atoms with Gasteiger partial charge in [0.05, 0.1) is 12.7 Å². The Labute approximate surface area is 317 Å². The Morgan fingerprint density at radius 2 is 1.10 bits per heavy atom. The highest BCUT2D eigenvalue weighted by molar-refractivity contribution is 5.30. The number of ether oxygens (including phenoxy) is 2. The second-order valence-corrected chi connectivity index (χ2v) is 20.0. The van der Waals surface area contributed by atoms with Crippen molar-refractivity contribution < 1.29 is 9.47 Å². The van der Waals surface area contributed by atoms with Gasteiger partial charge in [-0.15, -0.1) is 0 Å². The highest BCUT2D eigenvalue weighted by Crippen LogP contribution is 2.57. The summed E-state index contributed by atoms with van der Waals surface area (Å²) < 4.78 is 12.4. The highest BCUT2D eigenvalue weighted by Gasteiger charge is 2.47. The molecule has 6 aliphatic rings. The molecule has 0 amide bonds. The minimum atomic E-state index is 0.209. The van der Waals surface area contributed by atoms with E-state index in [0.29, 0.717) is 0 Å². The molecule has 0 aromatic rings. The maximum absolute atomic E-state index is 6.30. The molecule has 294 valence electrons. The van der Waals surface area contributed by atoms with Crippen LogP contribution >= 0.6 is 0 Å². The molecule has 0 bridgehead atoms. The summed E-state index contributed by atoms with van der Waals surface area (Å²) >= 11 is 0. The quantitative estimate of drug-likeness (QED) is 0.0501. The average Bonchev–Trinajstić information content (AvgIpc) is 3.84. The summed E-state index contributed by atoms with van der Waals surface area (Å²) in [6.07, 6.45) is 40.6. The van der Waals surface area contributed by atoms with Crippen LogP contribution in [0.5, 0.6) is 0 Å². The maximum Gasteiger partial charge on any atom is 0.0934 e. The lowest BCUT2D eigenvalue weighted by Crippen LogP contribution is -2.32. The van der Waals surface area contributed by atoms with Crippen LogP contribution in [0.1, 0.15) is 181 Å². The Morgan fingerprint density at radius 1 is 0.569 bits per heavy atom. The fourth-order valence-corrected chi connectivity index (χ4v) is 11.0. The molecular weight excluding hydrogens is 623 g/mol. The van der Waals surface area contributed by atoms with Gasteiger partial charge >= 0.3 is 0 Å². The number of rotatable bonds is 33. The summed E-state index contributed by atoms with van der Waals surface area (Å²) in [4.78, 5) is 2.25. The third kappa shape index (κ3) is 15.0. The van der Waals surface area contributed by atoms with Crippen LogP contribution < -0.4 is 0 Å². The van der Waals surface area contributed by atoms with Crippen LogP contribution in [-0.2, 0) is 9.47 Å². The van der Waals surface area contributed by atoms with E-state index in [4.69, 9.17) is 9.47 Å². The molecule has 0 aromatic carbocycles. The molecule has 10 atom stereocenters. The number of hydrogen-bond acceptors (Lipinski definition) is 3. The lowest BCUT2D eigenvalue weighted by Gasteiger charge is -2.36. The lowest BCUT2D eigenvalue weighted by molar-refractivity contribution is -0.0287. The molecule has 0 heterocycles. The monoisotopic (exact) mass is 708 g/mol. The number of hydrogen-bond donors (Lipinski definition) is 0. The van der Waals surface area contributed by atoms with E-state index in [1.165, 1.54) is 109 Å². The normalized spacial score (nSPS) is 35.1. The first-order valence-electron chi connectivity index (χ1n) is 23.5. The van der Waals surface area contributed by atoms with Crippen LogP contribution in [0.25, 0.3) is 0 Å². The van der Waals surface area contributed by atoms with Gasteiger partial charge in [0.15, 0.2) is 0 Å². The Morgan fingerprint density at radius 3 is 1.75 bits per heavy atom. The van der Waals surface area contributed by atoms with Crippen molar-refractivity contribution in [1.82, 2.24) is 4.90 Å². The van der Waals surface area contributed by atoms with Gasteiger partial charge in [-0.1, -0.05) is 109 Å². The summed E-state index contributed by atoms with van der Waals surface area (Å²) in [6.45, 7) is 8.27. The zero-order valence-corrected chi connectivity index (χ0v) is 34.5. The van der Waals surface area contributed by atoms with E-state index in [-0.39, 0.29) is 6.10 Å². The van der Waals surface area contributed by atoms with Crippen LogP contribution in [0.3, 0.4) is 0 Å². The summed E-state index contributed by atoms with van der Waals surface area (Å²) in [6, 6.07) is 0. The smallest absolute Gasteiger partial charge is 0.0934 e. The van der Waals surface area contributed by atoms with E-state index in [1.807, 2.05) is 5.57 Å². The van der Waals surface area contributed by atoms with Crippen LogP contribution in [0.15, 0.2) is 11.6 Å². The zero-order valence-electron chi connectivity index (χ0n) is 34.5. The van der Waals surface area contributed by atoms with E-state index >= 15 is 0 Å². The van der Waals surface area contributed by atoms with Crippen LogP contribution in [0.2, 0.25) is 0 Å². The molecule has 0 saturated heterocycles. The Balaban J connectivity index is 0.653. The molecule has 0 aliphatic heterocycles. The van der Waals surface area contributed by atoms with Gasteiger partial charge in [-0.05, 0) is 163 Å².